The monoisotopic (exact) mass is 216 g/mol. The van der Waals surface area contributed by atoms with Crippen LogP contribution >= 0.6 is 0 Å². The van der Waals surface area contributed by atoms with E-state index in [9.17, 15) is 4.79 Å². The fraction of sp³-hybridized carbons (Fsp3) is 0.909. The largest absolute Gasteiger partial charge is 0.480 e. The summed E-state index contributed by atoms with van der Waals surface area (Å²) in [6, 6.07) is 0. The lowest BCUT2D eigenvalue weighted by molar-refractivity contribution is -0.144. The van der Waals surface area contributed by atoms with Crippen LogP contribution in [0.25, 0.3) is 0 Å². The molecule has 0 saturated carbocycles. The maximum atomic E-state index is 11.1. The van der Waals surface area contributed by atoms with Gasteiger partial charge >= 0.3 is 5.97 Å². The number of hydrogen-bond acceptors (Lipinski definition) is 3. The fourth-order valence-corrected chi connectivity index (χ4v) is 1.43. The number of carboxylic acid groups (broad SMARTS) is 1. The zero-order valence-electron chi connectivity index (χ0n) is 10.3. The van der Waals surface area contributed by atoms with Crippen LogP contribution in [-0.4, -0.2) is 48.2 Å². The smallest absolute Gasteiger partial charge is 0.324 e. The van der Waals surface area contributed by atoms with Crippen molar-refractivity contribution in [1.82, 2.24) is 10.2 Å². The predicted molar refractivity (Wildman–Crippen MR) is 62.1 cm³/mol. The van der Waals surface area contributed by atoms with Crippen molar-refractivity contribution in [3.8, 4) is 0 Å². The Labute approximate surface area is 92.7 Å². The van der Waals surface area contributed by atoms with E-state index in [1.54, 1.807) is 14.0 Å². The zero-order valence-corrected chi connectivity index (χ0v) is 10.3. The first kappa shape index (κ1) is 14.4. The van der Waals surface area contributed by atoms with Crippen molar-refractivity contribution in [2.45, 2.75) is 39.2 Å². The number of carboxylic acids is 1. The average molecular weight is 216 g/mol. The summed E-state index contributed by atoms with van der Waals surface area (Å²) in [6.07, 6.45) is 2.26. The van der Waals surface area contributed by atoms with Crippen LogP contribution in [0.1, 0.15) is 33.6 Å². The second-order valence-corrected chi connectivity index (χ2v) is 4.11. The summed E-state index contributed by atoms with van der Waals surface area (Å²) in [6.45, 7) is 8.34. The quantitative estimate of drug-likeness (QED) is 0.639. The molecular weight excluding hydrogens is 192 g/mol. The molecule has 1 atom stereocenters. The topological polar surface area (TPSA) is 52.6 Å². The summed E-state index contributed by atoms with van der Waals surface area (Å²) in [5.74, 6) is -0.792. The highest BCUT2D eigenvalue weighted by molar-refractivity contribution is 5.78. The lowest BCUT2D eigenvalue weighted by Gasteiger charge is -2.31. The van der Waals surface area contributed by atoms with E-state index in [4.69, 9.17) is 5.11 Å². The molecular formula is C11H24N2O2. The molecule has 0 aliphatic carbocycles. The number of rotatable bonds is 8. The summed E-state index contributed by atoms with van der Waals surface area (Å²) in [4.78, 5) is 13.3. The number of aliphatic carboxylic acids is 1. The maximum absolute atomic E-state index is 11.1. The molecule has 4 nitrogen and oxygen atoms in total. The average Bonchev–Trinajstić information content (AvgIpc) is 2.23. The number of hydrogen-bond donors (Lipinski definition) is 2. The van der Waals surface area contributed by atoms with E-state index < -0.39 is 11.5 Å². The van der Waals surface area contributed by atoms with Gasteiger partial charge < -0.3 is 15.3 Å². The lowest BCUT2D eigenvalue weighted by atomic mass is 10.0. The molecule has 0 aliphatic heterocycles. The molecule has 1 unspecified atom stereocenters. The van der Waals surface area contributed by atoms with Crippen LogP contribution in [-0.2, 0) is 4.79 Å². The zero-order chi connectivity index (χ0) is 11.9. The molecule has 2 N–H and O–H groups in total. The lowest BCUT2D eigenvalue weighted by Crippen LogP contribution is -2.55. The van der Waals surface area contributed by atoms with Crippen LogP contribution < -0.4 is 5.32 Å². The van der Waals surface area contributed by atoms with E-state index in [-0.39, 0.29) is 0 Å². The van der Waals surface area contributed by atoms with E-state index in [0.717, 1.165) is 25.9 Å². The highest BCUT2D eigenvalue weighted by Gasteiger charge is 2.32. The Morgan fingerprint density at radius 1 is 1.47 bits per heavy atom. The van der Waals surface area contributed by atoms with Crippen molar-refractivity contribution < 1.29 is 9.90 Å². The van der Waals surface area contributed by atoms with Crippen LogP contribution in [0.15, 0.2) is 0 Å². The third-order valence-corrected chi connectivity index (χ3v) is 2.84. The van der Waals surface area contributed by atoms with Gasteiger partial charge in [0, 0.05) is 6.54 Å². The molecule has 0 aliphatic rings. The van der Waals surface area contributed by atoms with E-state index in [1.165, 1.54) is 0 Å². The van der Waals surface area contributed by atoms with Gasteiger partial charge in [-0.3, -0.25) is 4.79 Å². The normalized spacial score (nSPS) is 15.3. The molecule has 0 heterocycles. The molecule has 0 bridgehead atoms. The molecule has 90 valence electrons. The molecule has 0 aromatic heterocycles. The Balaban J connectivity index is 4.29. The van der Waals surface area contributed by atoms with Gasteiger partial charge in [0.05, 0.1) is 0 Å². The minimum absolute atomic E-state index is 0.551. The molecule has 0 aromatic rings. The highest BCUT2D eigenvalue weighted by atomic mass is 16.4. The standard InChI is InChI=1S/C11H24N2O2/c1-5-7-8-13(6-2)9-11(3,12-4)10(14)15/h12H,5-9H2,1-4H3,(H,14,15). The predicted octanol–water partition coefficient (Wildman–Crippen LogP) is 1.17. The van der Waals surface area contributed by atoms with Crippen LogP contribution in [0.4, 0.5) is 0 Å². The van der Waals surface area contributed by atoms with Crippen molar-refractivity contribution in [1.29, 1.82) is 0 Å². The second-order valence-electron chi connectivity index (χ2n) is 4.11. The van der Waals surface area contributed by atoms with Gasteiger partial charge in [0.2, 0.25) is 0 Å². The number of unbranched alkanes of at least 4 members (excludes halogenated alkanes) is 1. The summed E-state index contributed by atoms with van der Waals surface area (Å²) in [5, 5.41) is 12.0. The van der Waals surface area contributed by atoms with Crippen molar-refractivity contribution >= 4 is 5.97 Å². The van der Waals surface area contributed by atoms with E-state index in [2.05, 4.69) is 24.1 Å². The molecule has 4 heteroatoms. The molecule has 0 fully saturated rings. The van der Waals surface area contributed by atoms with Gasteiger partial charge in [-0.15, -0.1) is 0 Å². The first-order valence-electron chi connectivity index (χ1n) is 5.64. The summed E-state index contributed by atoms with van der Waals surface area (Å²) in [7, 11) is 1.70. The number of nitrogens with one attached hydrogen (secondary N) is 1. The van der Waals surface area contributed by atoms with Crippen molar-refractivity contribution in [3.63, 3.8) is 0 Å². The minimum atomic E-state index is -0.844. The second kappa shape index (κ2) is 6.80. The van der Waals surface area contributed by atoms with E-state index in [1.807, 2.05) is 0 Å². The molecule has 15 heavy (non-hydrogen) atoms. The third-order valence-electron chi connectivity index (χ3n) is 2.84. The van der Waals surface area contributed by atoms with E-state index >= 15 is 0 Å². The summed E-state index contributed by atoms with van der Waals surface area (Å²) >= 11 is 0. The van der Waals surface area contributed by atoms with E-state index in [0.29, 0.717) is 6.54 Å². The highest BCUT2D eigenvalue weighted by Crippen LogP contribution is 2.07. The van der Waals surface area contributed by atoms with Gasteiger partial charge in [0.25, 0.3) is 0 Å². The Morgan fingerprint density at radius 2 is 2.07 bits per heavy atom. The van der Waals surface area contributed by atoms with Gasteiger partial charge in [-0.05, 0) is 33.5 Å². The first-order chi connectivity index (χ1) is 7.00. The number of nitrogens with zero attached hydrogens (tertiary/aromatic N) is 1. The first-order valence-corrected chi connectivity index (χ1v) is 5.64. The van der Waals surface area contributed by atoms with Crippen LogP contribution in [0.3, 0.4) is 0 Å². The van der Waals surface area contributed by atoms with Crippen molar-refractivity contribution in [2.75, 3.05) is 26.7 Å². The van der Waals surface area contributed by atoms with Gasteiger partial charge in [0.1, 0.15) is 5.54 Å². The number of carbonyl (C=O) groups is 1. The van der Waals surface area contributed by atoms with Crippen molar-refractivity contribution in [3.05, 3.63) is 0 Å². The Kier molecular flexibility index (Phi) is 6.52. The molecule has 0 aromatic carbocycles. The Bertz CT molecular complexity index is 197. The number of likely N-dealkylation sites (N-methyl/N-ethyl adjacent to an activating group) is 2. The van der Waals surface area contributed by atoms with Gasteiger partial charge in [-0.25, -0.2) is 0 Å². The third kappa shape index (κ3) is 4.62. The summed E-state index contributed by atoms with van der Waals surface area (Å²) in [5.41, 5.74) is -0.844. The minimum Gasteiger partial charge on any atom is -0.480 e. The molecule has 0 radical (unpaired) electrons. The molecule has 0 spiro atoms. The Hall–Kier alpha value is -0.610. The van der Waals surface area contributed by atoms with Crippen LogP contribution in [0.2, 0.25) is 0 Å². The maximum Gasteiger partial charge on any atom is 0.324 e. The SMILES string of the molecule is CCCCN(CC)CC(C)(NC)C(=O)O. The van der Waals surface area contributed by atoms with Crippen LogP contribution in [0, 0.1) is 0 Å². The fourth-order valence-electron chi connectivity index (χ4n) is 1.43. The Morgan fingerprint density at radius 3 is 2.40 bits per heavy atom. The summed E-state index contributed by atoms with van der Waals surface area (Å²) < 4.78 is 0. The van der Waals surface area contributed by atoms with Gasteiger partial charge in [-0.2, -0.15) is 0 Å². The molecule has 0 rings (SSSR count). The van der Waals surface area contributed by atoms with Crippen LogP contribution in [0.5, 0.6) is 0 Å². The van der Waals surface area contributed by atoms with Gasteiger partial charge in [-0.1, -0.05) is 20.3 Å². The van der Waals surface area contributed by atoms with Gasteiger partial charge in [0.15, 0.2) is 0 Å². The molecule has 0 amide bonds. The molecule has 0 saturated heterocycles. The van der Waals surface area contributed by atoms with Crippen molar-refractivity contribution in [2.24, 2.45) is 0 Å².